The minimum atomic E-state index is -0.379. The Morgan fingerprint density at radius 3 is 2.81 bits per heavy atom. The van der Waals surface area contributed by atoms with E-state index in [-0.39, 0.29) is 16.1 Å². The summed E-state index contributed by atoms with van der Waals surface area (Å²) in [6, 6.07) is 4.24. The fourth-order valence-corrected chi connectivity index (χ4v) is 2.00. The minimum absolute atomic E-state index is 0.240. The number of nitrogens with one attached hydrogen (secondary N) is 3. The standard InChI is InChI=1S/C10H6FN3OS/c11-4-1-2-6-5(3-4)7-8(12-6)13-10(16)14-9(7)15/h1-3H,(H3,12,13,14,15,16). The molecule has 0 saturated heterocycles. The number of rotatable bonds is 0. The van der Waals surface area contributed by atoms with Gasteiger partial charge in [0.1, 0.15) is 11.5 Å². The van der Waals surface area contributed by atoms with Gasteiger partial charge in [0.2, 0.25) is 0 Å². The Bertz CT molecular complexity index is 814. The number of aromatic nitrogens is 3. The first-order valence-electron chi connectivity index (χ1n) is 4.59. The average Bonchev–Trinajstić information content (AvgIpc) is 2.54. The summed E-state index contributed by atoms with van der Waals surface area (Å²) in [5, 5.41) is 0.936. The van der Waals surface area contributed by atoms with Crippen LogP contribution in [-0.2, 0) is 0 Å². The lowest BCUT2D eigenvalue weighted by atomic mass is 10.2. The van der Waals surface area contributed by atoms with Crippen molar-refractivity contribution in [3.05, 3.63) is 39.1 Å². The molecule has 0 saturated carbocycles. The Morgan fingerprint density at radius 2 is 2.00 bits per heavy atom. The minimum Gasteiger partial charge on any atom is -0.341 e. The molecule has 0 fully saturated rings. The van der Waals surface area contributed by atoms with Gasteiger partial charge in [-0.1, -0.05) is 0 Å². The Morgan fingerprint density at radius 1 is 1.19 bits per heavy atom. The summed E-state index contributed by atoms with van der Waals surface area (Å²) in [7, 11) is 0. The van der Waals surface area contributed by atoms with Gasteiger partial charge in [-0.25, -0.2) is 4.39 Å². The highest BCUT2D eigenvalue weighted by atomic mass is 32.1. The topological polar surface area (TPSA) is 64.4 Å². The zero-order chi connectivity index (χ0) is 11.3. The molecule has 0 aliphatic carbocycles. The third-order valence-electron chi connectivity index (χ3n) is 2.45. The summed E-state index contributed by atoms with van der Waals surface area (Å²) >= 11 is 4.85. The maximum absolute atomic E-state index is 13.1. The van der Waals surface area contributed by atoms with E-state index in [9.17, 15) is 9.18 Å². The molecule has 6 heteroatoms. The van der Waals surface area contributed by atoms with Crippen LogP contribution in [0.25, 0.3) is 21.9 Å². The fraction of sp³-hybridized carbons (Fsp3) is 0. The molecule has 3 aromatic rings. The van der Waals surface area contributed by atoms with Gasteiger partial charge in [0.15, 0.2) is 4.77 Å². The number of hydrogen-bond donors (Lipinski definition) is 3. The molecule has 0 bridgehead atoms. The predicted octanol–water partition coefficient (Wildman–Crippen LogP) is 2.21. The molecule has 3 N–H and O–H groups in total. The van der Waals surface area contributed by atoms with Crippen molar-refractivity contribution in [3.8, 4) is 0 Å². The van der Waals surface area contributed by atoms with E-state index in [1.165, 1.54) is 12.1 Å². The maximum Gasteiger partial charge on any atom is 0.261 e. The van der Waals surface area contributed by atoms with Crippen molar-refractivity contribution in [1.82, 2.24) is 15.0 Å². The van der Waals surface area contributed by atoms with Crippen molar-refractivity contribution in [2.24, 2.45) is 0 Å². The molecule has 0 amide bonds. The van der Waals surface area contributed by atoms with Crippen LogP contribution in [0.3, 0.4) is 0 Å². The van der Waals surface area contributed by atoms with Crippen LogP contribution in [0, 0.1) is 10.6 Å². The van der Waals surface area contributed by atoms with Gasteiger partial charge in [-0.2, -0.15) is 0 Å². The van der Waals surface area contributed by atoms with Crippen molar-refractivity contribution in [2.45, 2.75) is 0 Å². The molecular formula is C10H6FN3OS. The normalized spacial score (nSPS) is 11.3. The second-order valence-electron chi connectivity index (χ2n) is 3.47. The highest BCUT2D eigenvalue weighted by molar-refractivity contribution is 7.71. The molecule has 16 heavy (non-hydrogen) atoms. The van der Waals surface area contributed by atoms with Crippen molar-refractivity contribution in [3.63, 3.8) is 0 Å². The molecule has 0 aliphatic rings. The highest BCUT2D eigenvalue weighted by Crippen LogP contribution is 2.21. The van der Waals surface area contributed by atoms with Gasteiger partial charge < -0.3 is 9.97 Å². The van der Waals surface area contributed by atoms with Gasteiger partial charge in [0.05, 0.1) is 5.39 Å². The number of halogens is 1. The average molecular weight is 235 g/mol. The molecule has 0 aliphatic heterocycles. The van der Waals surface area contributed by atoms with E-state index in [2.05, 4.69) is 15.0 Å². The van der Waals surface area contributed by atoms with E-state index in [4.69, 9.17) is 12.2 Å². The summed E-state index contributed by atoms with van der Waals surface area (Å²) in [5.41, 5.74) is 0.878. The number of hydrogen-bond acceptors (Lipinski definition) is 2. The summed E-state index contributed by atoms with van der Waals surface area (Å²) < 4.78 is 13.3. The zero-order valence-corrected chi connectivity index (χ0v) is 8.74. The van der Waals surface area contributed by atoms with Crippen LogP contribution in [0.2, 0.25) is 0 Å². The predicted molar refractivity (Wildman–Crippen MR) is 61.6 cm³/mol. The van der Waals surface area contributed by atoms with Crippen LogP contribution in [0.5, 0.6) is 0 Å². The number of fused-ring (bicyclic) bond motifs is 3. The summed E-state index contributed by atoms with van der Waals surface area (Å²) in [6.07, 6.45) is 0. The molecule has 2 heterocycles. The molecule has 0 unspecified atom stereocenters. The molecule has 0 radical (unpaired) electrons. The SMILES string of the molecule is O=c1[nH]c(=S)[nH]c2[nH]c3ccc(F)cc3c12. The first kappa shape index (κ1) is 9.29. The van der Waals surface area contributed by atoms with E-state index < -0.39 is 0 Å². The lowest BCUT2D eigenvalue weighted by Crippen LogP contribution is -2.06. The second kappa shape index (κ2) is 3.02. The van der Waals surface area contributed by atoms with Crippen molar-refractivity contribution >= 4 is 34.2 Å². The largest absolute Gasteiger partial charge is 0.341 e. The molecule has 2 aromatic heterocycles. The first-order chi connectivity index (χ1) is 7.65. The highest BCUT2D eigenvalue weighted by Gasteiger charge is 2.08. The molecule has 80 valence electrons. The van der Waals surface area contributed by atoms with Gasteiger partial charge >= 0.3 is 0 Å². The van der Waals surface area contributed by atoms with Crippen molar-refractivity contribution < 1.29 is 4.39 Å². The van der Waals surface area contributed by atoms with Crippen LogP contribution in [0.1, 0.15) is 0 Å². The molecule has 4 nitrogen and oxygen atoms in total. The van der Waals surface area contributed by atoms with Crippen LogP contribution in [-0.4, -0.2) is 15.0 Å². The monoisotopic (exact) mass is 235 g/mol. The van der Waals surface area contributed by atoms with Crippen LogP contribution in [0.4, 0.5) is 4.39 Å². The number of benzene rings is 1. The van der Waals surface area contributed by atoms with E-state index in [0.717, 1.165) is 0 Å². The van der Waals surface area contributed by atoms with Gasteiger partial charge in [-0.05, 0) is 30.4 Å². The Kier molecular flexibility index (Phi) is 1.75. The first-order valence-corrected chi connectivity index (χ1v) is 4.99. The van der Waals surface area contributed by atoms with Gasteiger partial charge in [-0.15, -0.1) is 0 Å². The molecule has 3 rings (SSSR count). The van der Waals surface area contributed by atoms with E-state index in [1.807, 2.05) is 0 Å². The number of H-pyrrole nitrogens is 3. The van der Waals surface area contributed by atoms with Crippen molar-refractivity contribution in [2.75, 3.05) is 0 Å². The summed E-state index contributed by atoms with van der Waals surface area (Å²) in [6.45, 7) is 0. The zero-order valence-electron chi connectivity index (χ0n) is 7.93. The smallest absolute Gasteiger partial charge is 0.261 e. The van der Waals surface area contributed by atoms with Crippen LogP contribution >= 0.6 is 12.2 Å². The molecule has 0 spiro atoms. The van der Waals surface area contributed by atoms with Gasteiger partial charge in [-0.3, -0.25) is 9.78 Å². The maximum atomic E-state index is 13.1. The van der Waals surface area contributed by atoms with Gasteiger partial charge in [0, 0.05) is 10.9 Å². The third kappa shape index (κ3) is 1.20. The molecular weight excluding hydrogens is 229 g/mol. The van der Waals surface area contributed by atoms with Crippen LogP contribution < -0.4 is 5.56 Å². The second-order valence-corrected chi connectivity index (χ2v) is 3.88. The summed E-state index contributed by atoms with van der Waals surface area (Å²) in [4.78, 5) is 20.0. The number of aromatic amines is 3. The summed E-state index contributed by atoms with van der Waals surface area (Å²) in [5.74, 6) is -0.379. The Balaban J connectivity index is 2.68. The van der Waals surface area contributed by atoms with E-state index >= 15 is 0 Å². The Hall–Kier alpha value is -1.95. The lowest BCUT2D eigenvalue weighted by Gasteiger charge is -1.90. The molecule has 1 aromatic carbocycles. The third-order valence-corrected chi connectivity index (χ3v) is 2.66. The van der Waals surface area contributed by atoms with Crippen molar-refractivity contribution in [1.29, 1.82) is 0 Å². The van der Waals surface area contributed by atoms with Gasteiger partial charge in [0.25, 0.3) is 5.56 Å². The van der Waals surface area contributed by atoms with Crippen LogP contribution in [0.15, 0.2) is 23.0 Å². The van der Waals surface area contributed by atoms with E-state index in [0.29, 0.717) is 21.9 Å². The van der Waals surface area contributed by atoms with E-state index in [1.54, 1.807) is 6.07 Å². The fourth-order valence-electron chi connectivity index (χ4n) is 1.80. The quantitative estimate of drug-likeness (QED) is 0.523. The molecule has 0 atom stereocenters. The Labute approximate surface area is 93.1 Å². The lowest BCUT2D eigenvalue weighted by molar-refractivity contribution is 0.630.